The number of carbonyl (C=O) groups is 1. The number of halogens is 2. The summed E-state index contributed by atoms with van der Waals surface area (Å²) in [5, 5.41) is 3.08. The first-order chi connectivity index (χ1) is 12.4. The molecule has 0 fully saturated rings. The predicted molar refractivity (Wildman–Crippen MR) is 106 cm³/mol. The van der Waals surface area contributed by atoms with Gasteiger partial charge in [0, 0.05) is 17.1 Å². The third kappa shape index (κ3) is 3.95. The van der Waals surface area contributed by atoms with E-state index in [2.05, 4.69) is 4.98 Å². The molecule has 4 nitrogen and oxygen atoms in total. The van der Waals surface area contributed by atoms with Crippen LogP contribution in [0.15, 0.2) is 40.1 Å². The average Bonchev–Trinajstić information content (AvgIpc) is 3.24. The number of hydrogen-bond acceptors (Lipinski definition) is 4. The second-order valence-electron chi connectivity index (χ2n) is 6.02. The monoisotopic (exact) mass is 408 g/mol. The summed E-state index contributed by atoms with van der Waals surface area (Å²) in [4.78, 5) is 19.8. The minimum atomic E-state index is -0.184. The predicted octanol–water partition coefficient (Wildman–Crippen LogP) is 5.78. The first kappa shape index (κ1) is 19.0. The molecule has 0 aliphatic carbocycles. The highest BCUT2D eigenvalue weighted by Gasteiger charge is 2.22. The molecule has 0 saturated carbocycles. The fourth-order valence-corrected chi connectivity index (χ4v) is 3.85. The van der Waals surface area contributed by atoms with Crippen molar-refractivity contribution in [2.45, 2.75) is 26.3 Å². The number of thiophene rings is 1. The maximum atomic E-state index is 12.7. The summed E-state index contributed by atoms with van der Waals surface area (Å²) >= 11 is 13.8. The Morgan fingerprint density at radius 3 is 2.77 bits per heavy atom. The molecule has 0 bridgehead atoms. The molecule has 1 amide bonds. The molecule has 0 spiro atoms. The summed E-state index contributed by atoms with van der Waals surface area (Å²) in [6.45, 7) is 3.76. The van der Waals surface area contributed by atoms with Crippen molar-refractivity contribution in [1.82, 2.24) is 9.88 Å². The second-order valence-corrected chi connectivity index (χ2v) is 7.81. The SMILES string of the molecule is Cc1oc(-c2cccs2)nc1CC(=O)N(C)C(C)c1ccc(Cl)cc1Cl. The Kier molecular flexibility index (Phi) is 5.70. The van der Waals surface area contributed by atoms with Gasteiger partial charge < -0.3 is 9.32 Å². The zero-order valence-corrected chi connectivity index (χ0v) is 17.0. The van der Waals surface area contributed by atoms with Crippen LogP contribution in [0.4, 0.5) is 0 Å². The van der Waals surface area contributed by atoms with Crippen molar-refractivity contribution in [2.24, 2.45) is 0 Å². The van der Waals surface area contributed by atoms with Crippen molar-refractivity contribution < 1.29 is 9.21 Å². The molecule has 26 heavy (non-hydrogen) atoms. The highest BCUT2D eigenvalue weighted by Crippen LogP contribution is 2.30. The quantitative estimate of drug-likeness (QED) is 0.537. The summed E-state index contributed by atoms with van der Waals surface area (Å²) in [6.07, 6.45) is 0.173. The molecule has 1 aromatic carbocycles. The lowest BCUT2D eigenvalue weighted by atomic mass is 10.1. The van der Waals surface area contributed by atoms with E-state index in [-0.39, 0.29) is 18.4 Å². The molecule has 136 valence electrons. The zero-order valence-electron chi connectivity index (χ0n) is 14.6. The van der Waals surface area contributed by atoms with E-state index in [0.29, 0.717) is 27.4 Å². The molecule has 0 radical (unpaired) electrons. The van der Waals surface area contributed by atoms with Gasteiger partial charge in [-0.1, -0.05) is 35.3 Å². The molecule has 2 aromatic heterocycles. The molecule has 3 aromatic rings. The average molecular weight is 409 g/mol. The maximum Gasteiger partial charge on any atom is 0.236 e. The van der Waals surface area contributed by atoms with E-state index in [4.69, 9.17) is 27.6 Å². The van der Waals surface area contributed by atoms with Gasteiger partial charge in [-0.3, -0.25) is 4.79 Å². The molecule has 7 heteroatoms. The molecular weight excluding hydrogens is 391 g/mol. The van der Waals surface area contributed by atoms with Crippen LogP contribution in [-0.4, -0.2) is 22.8 Å². The number of carbonyl (C=O) groups excluding carboxylic acids is 1. The normalized spacial score (nSPS) is 12.2. The van der Waals surface area contributed by atoms with Gasteiger partial charge in [-0.2, -0.15) is 0 Å². The van der Waals surface area contributed by atoms with Crippen LogP contribution in [0.2, 0.25) is 10.0 Å². The lowest BCUT2D eigenvalue weighted by molar-refractivity contribution is -0.131. The van der Waals surface area contributed by atoms with Crippen LogP contribution < -0.4 is 0 Å². The Morgan fingerprint density at radius 1 is 1.35 bits per heavy atom. The van der Waals surface area contributed by atoms with Crippen LogP contribution in [0.3, 0.4) is 0 Å². The highest BCUT2D eigenvalue weighted by atomic mass is 35.5. The third-order valence-electron chi connectivity index (χ3n) is 4.33. The number of aryl methyl sites for hydroxylation is 1. The van der Waals surface area contributed by atoms with E-state index in [1.54, 1.807) is 35.4 Å². The molecular formula is C19H18Cl2N2O2S. The number of amides is 1. The third-order valence-corrected chi connectivity index (χ3v) is 5.75. The van der Waals surface area contributed by atoms with E-state index in [1.165, 1.54) is 0 Å². The van der Waals surface area contributed by atoms with Gasteiger partial charge in [0.05, 0.1) is 23.0 Å². The molecule has 2 heterocycles. The summed E-state index contributed by atoms with van der Waals surface area (Å²) in [6, 6.07) is 8.99. The molecule has 0 aliphatic rings. The van der Waals surface area contributed by atoms with Crippen molar-refractivity contribution in [3.05, 3.63) is 62.8 Å². The lowest BCUT2D eigenvalue weighted by Gasteiger charge is -2.26. The number of rotatable bonds is 5. The molecule has 1 atom stereocenters. The lowest BCUT2D eigenvalue weighted by Crippen LogP contribution is -2.31. The van der Waals surface area contributed by atoms with Crippen LogP contribution in [0.1, 0.15) is 30.0 Å². The Morgan fingerprint density at radius 2 is 2.12 bits per heavy atom. The standard InChI is InChI=1S/C19H18Cl2N2O2S/c1-11(14-7-6-13(20)9-15(14)21)23(3)18(24)10-16-12(2)25-19(22-16)17-5-4-8-26-17/h4-9,11H,10H2,1-3H3. The molecule has 0 saturated heterocycles. The van der Waals surface area contributed by atoms with Crippen LogP contribution in [0, 0.1) is 6.92 Å². The second kappa shape index (κ2) is 7.82. The van der Waals surface area contributed by atoms with Crippen LogP contribution in [-0.2, 0) is 11.2 Å². The molecule has 0 aliphatic heterocycles. The first-order valence-corrected chi connectivity index (χ1v) is 9.71. The maximum absolute atomic E-state index is 12.7. The van der Waals surface area contributed by atoms with Gasteiger partial charge in [0.15, 0.2) is 0 Å². The summed E-state index contributed by atoms with van der Waals surface area (Å²) < 4.78 is 5.71. The van der Waals surface area contributed by atoms with E-state index in [0.717, 1.165) is 10.4 Å². The van der Waals surface area contributed by atoms with Crippen molar-refractivity contribution >= 4 is 40.4 Å². The summed E-state index contributed by atoms with van der Waals surface area (Å²) in [5.41, 5.74) is 1.50. The van der Waals surface area contributed by atoms with Gasteiger partial charge in [-0.05, 0) is 43.0 Å². The zero-order chi connectivity index (χ0) is 18.8. The number of nitrogens with zero attached hydrogens (tertiary/aromatic N) is 2. The van der Waals surface area contributed by atoms with E-state index >= 15 is 0 Å². The smallest absolute Gasteiger partial charge is 0.236 e. The Balaban J connectivity index is 1.75. The largest absolute Gasteiger partial charge is 0.440 e. The van der Waals surface area contributed by atoms with Gasteiger partial charge >= 0.3 is 0 Å². The van der Waals surface area contributed by atoms with Crippen LogP contribution in [0.5, 0.6) is 0 Å². The van der Waals surface area contributed by atoms with E-state index < -0.39 is 0 Å². The molecule has 0 N–H and O–H groups in total. The highest BCUT2D eigenvalue weighted by molar-refractivity contribution is 7.13. The van der Waals surface area contributed by atoms with Gasteiger partial charge in [0.1, 0.15) is 5.76 Å². The van der Waals surface area contributed by atoms with Gasteiger partial charge in [-0.15, -0.1) is 11.3 Å². The van der Waals surface area contributed by atoms with Crippen molar-refractivity contribution in [2.75, 3.05) is 7.05 Å². The minimum Gasteiger partial charge on any atom is -0.440 e. The molecule has 1 unspecified atom stereocenters. The number of oxazole rings is 1. The van der Waals surface area contributed by atoms with Crippen LogP contribution in [0.25, 0.3) is 10.8 Å². The summed E-state index contributed by atoms with van der Waals surface area (Å²) in [7, 11) is 1.76. The number of benzene rings is 1. The first-order valence-electron chi connectivity index (χ1n) is 8.07. The summed E-state index contributed by atoms with van der Waals surface area (Å²) in [5.74, 6) is 1.15. The fourth-order valence-electron chi connectivity index (χ4n) is 2.63. The number of aromatic nitrogens is 1. The van der Waals surface area contributed by atoms with Crippen molar-refractivity contribution in [1.29, 1.82) is 0 Å². The molecule has 3 rings (SSSR count). The topological polar surface area (TPSA) is 46.3 Å². The Bertz CT molecular complexity index is 922. The van der Waals surface area contributed by atoms with Gasteiger partial charge in [0.2, 0.25) is 11.8 Å². The van der Waals surface area contributed by atoms with Crippen molar-refractivity contribution in [3.8, 4) is 10.8 Å². The minimum absolute atomic E-state index is 0.0577. The Labute approximate surface area is 166 Å². The van der Waals surface area contributed by atoms with E-state index in [1.807, 2.05) is 37.4 Å². The van der Waals surface area contributed by atoms with Gasteiger partial charge in [-0.25, -0.2) is 4.98 Å². The number of hydrogen-bond donors (Lipinski definition) is 0. The van der Waals surface area contributed by atoms with Crippen LogP contribution >= 0.6 is 34.5 Å². The fraction of sp³-hybridized carbons (Fsp3) is 0.263. The number of likely N-dealkylation sites (N-methyl/N-ethyl adjacent to an activating group) is 1. The van der Waals surface area contributed by atoms with Crippen molar-refractivity contribution in [3.63, 3.8) is 0 Å². The van der Waals surface area contributed by atoms with Gasteiger partial charge in [0.25, 0.3) is 0 Å². The van der Waals surface area contributed by atoms with E-state index in [9.17, 15) is 4.79 Å². The Hall–Kier alpha value is -1.82.